The number of aromatic nitrogens is 2. The summed E-state index contributed by atoms with van der Waals surface area (Å²) in [5, 5.41) is 9.62. The lowest BCUT2D eigenvalue weighted by Gasteiger charge is -2.18. The third kappa shape index (κ3) is 2.28. The van der Waals surface area contributed by atoms with Crippen LogP contribution in [0.2, 0.25) is 0 Å². The van der Waals surface area contributed by atoms with Crippen molar-refractivity contribution in [3.05, 3.63) is 11.9 Å². The number of rotatable bonds is 6. The summed E-state index contributed by atoms with van der Waals surface area (Å²) in [4.78, 5) is 15.0. The number of nitrogens with zero attached hydrogens (tertiary/aromatic N) is 2. The Bertz CT molecular complexity index is 475. The van der Waals surface area contributed by atoms with Crippen LogP contribution in [0.5, 0.6) is 0 Å². The van der Waals surface area contributed by atoms with Crippen LogP contribution in [-0.4, -0.2) is 26.4 Å². The molecular formula is C13H18N2O2S. The van der Waals surface area contributed by atoms with E-state index >= 15 is 0 Å². The number of carboxylic acids is 1. The predicted molar refractivity (Wildman–Crippen MR) is 69.7 cm³/mol. The molecule has 1 aromatic rings. The fraction of sp³-hybridized carbons (Fsp3) is 0.692. The first kappa shape index (κ1) is 12.1. The minimum atomic E-state index is -0.782. The molecule has 98 valence electrons. The van der Waals surface area contributed by atoms with Crippen molar-refractivity contribution < 1.29 is 9.90 Å². The van der Waals surface area contributed by atoms with E-state index in [2.05, 4.69) is 16.5 Å². The Balaban J connectivity index is 1.74. The van der Waals surface area contributed by atoms with Crippen molar-refractivity contribution in [3.63, 3.8) is 0 Å². The van der Waals surface area contributed by atoms with Crippen LogP contribution in [0.4, 0.5) is 0 Å². The number of hydrogen-bond donors (Lipinski definition) is 1. The molecular weight excluding hydrogens is 248 g/mol. The number of carboxylic acid groups (broad SMARTS) is 1. The molecule has 2 aliphatic carbocycles. The highest BCUT2D eigenvalue weighted by Gasteiger charge is 2.54. The van der Waals surface area contributed by atoms with E-state index < -0.39 is 5.97 Å². The molecule has 0 aromatic carbocycles. The Morgan fingerprint density at radius 2 is 2.33 bits per heavy atom. The Kier molecular flexibility index (Phi) is 2.88. The molecule has 2 saturated carbocycles. The van der Waals surface area contributed by atoms with Crippen LogP contribution in [0.1, 0.15) is 31.4 Å². The topological polar surface area (TPSA) is 55.1 Å². The molecule has 3 rings (SSSR count). The fourth-order valence-electron chi connectivity index (χ4n) is 2.74. The minimum absolute atomic E-state index is 0.0902. The van der Waals surface area contributed by atoms with Crippen LogP contribution in [0.3, 0.4) is 0 Å². The molecule has 0 saturated heterocycles. The smallest absolute Gasteiger partial charge is 0.313 e. The molecule has 0 radical (unpaired) electrons. The second-order valence-corrected chi connectivity index (χ2v) is 6.53. The summed E-state index contributed by atoms with van der Waals surface area (Å²) in [5.74, 6) is 0.222. The van der Waals surface area contributed by atoms with Crippen molar-refractivity contribution in [1.82, 2.24) is 9.55 Å². The number of imidazole rings is 1. The maximum absolute atomic E-state index is 10.6. The van der Waals surface area contributed by atoms with Crippen LogP contribution in [-0.2, 0) is 11.3 Å². The van der Waals surface area contributed by atoms with Gasteiger partial charge in [-0.25, -0.2) is 4.98 Å². The number of carbonyl (C=O) groups is 1. The molecule has 2 fully saturated rings. The summed E-state index contributed by atoms with van der Waals surface area (Å²) in [7, 11) is 0. The first-order valence-electron chi connectivity index (χ1n) is 6.47. The Labute approximate surface area is 111 Å². The van der Waals surface area contributed by atoms with Gasteiger partial charge in [0.15, 0.2) is 5.16 Å². The summed E-state index contributed by atoms with van der Waals surface area (Å²) >= 11 is 1.33. The van der Waals surface area contributed by atoms with Gasteiger partial charge in [-0.3, -0.25) is 4.79 Å². The van der Waals surface area contributed by atoms with E-state index in [1.807, 2.05) is 6.20 Å². The van der Waals surface area contributed by atoms with Gasteiger partial charge in [0, 0.05) is 18.4 Å². The lowest BCUT2D eigenvalue weighted by Crippen LogP contribution is -2.16. The average Bonchev–Trinajstić information content (AvgIpc) is 3.19. The van der Waals surface area contributed by atoms with Crippen molar-refractivity contribution in [2.45, 2.75) is 44.3 Å². The molecule has 18 heavy (non-hydrogen) atoms. The van der Waals surface area contributed by atoms with Gasteiger partial charge in [0.1, 0.15) is 0 Å². The minimum Gasteiger partial charge on any atom is -0.481 e. The summed E-state index contributed by atoms with van der Waals surface area (Å²) < 4.78 is 2.22. The molecule has 0 spiro atoms. The highest BCUT2D eigenvalue weighted by molar-refractivity contribution is 7.99. The molecule has 1 N–H and O–H groups in total. The fourth-order valence-corrected chi connectivity index (χ4v) is 3.48. The van der Waals surface area contributed by atoms with Crippen LogP contribution in [0.15, 0.2) is 11.4 Å². The van der Waals surface area contributed by atoms with Crippen molar-refractivity contribution in [1.29, 1.82) is 0 Å². The summed E-state index contributed by atoms with van der Waals surface area (Å²) in [5.41, 5.74) is 1.67. The lowest BCUT2D eigenvalue weighted by atomic mass is 10.0. The van der Waals surface area contributed by atoms with Gasteiger partial charge in [-0.15, -0.1) is 0 Å². The van der Waals surface area contributed by atoms with Gasteiger partial charge in [0.05, 0.1) is 5.75 Å². The SMILES string of the molecule is Cc1cnc(SCC(=O)O)n1CC1(C2CC2)CC1. The Morgan fingerprint density at radius 1 is 1.61 bits per heavy atom. The summed E-state index contributed by atoms with van der Waals surface area (Å²) in [6.45, 7) is 3.09. The van der Waals surface area contributed by atoms with E-state index in [0.29, 0.717) is 5.41 Å². The summed E-state index contributed by atoms with van der Waals surface area (Å²) in [6.07, 6.45) is 7.28. The number of hydrogen-bond acceptors (Lipinski definition) is 3. The second-order valence-electron chi connectivity index (χ2n) is 5.59. The molecule has 0 aliphatic heterocycles. The molecule has 5 heteroatoms. The molecule has 1 heterocycles. The van der Waals surface area contributed by atoms with Crippen LogP contribution >= 0.6 is 11.8 Å². The summed E-state index contributed by atoms with van der Waals surface area (Å²) in [6, 6.07) is 0. The molecule has 2 aliphatic rings. The van der Waals surface area contributed by atoms with Crippen LogP contribution < -0.4 is 0 Å². The zero-order chi connectivity index (χ0) is 12.8. The van der Waals surface area contributed by atoms with Gasteiger partial charge in [0.25, 0.3) is 0 Å². The molecule has 4 nitrogen and oxygen atoms in total. The molecule has 0 bridgehead atoms. The van der Waals surface area contributed by atoms with Gasteiger partial charge < -0.3 is 9.67 Å². The van der Waals surface area contributed by atoms with Gasteiger partial charge in [-0.2, -0.15) is 0 Å². The maximum Gasteiger partial charge on any atom is 0.313 e. The van der Waals surface area contributed by atoms with Crippen molar-refractivity contribution in [3.8, 4) is 0 Å². The first-order chi connectivity index (χ1) is 8.61. The van der Waals surface area contributed by atoms with Gasteiger partial charge in [0.2, 0.25) is 0 Å². The first-order valence-corrected chi connectivity index (χ1v) is 7.46. The van der Waals surface area contributed by atoms with Crippen LogP contribution in [0, 0.1) is 18.3 Å². The van der Waals surface area contributed by atoms with Crippen LogP contribution in [0.25, 0.3) is 0 Å². The standard InChI is InChI=1S/C13H18N2O2S/c1-9-6-14-12(18-7-11(16)17)15(9)8-13(4-5-13)10-2-3-10/h6,10H,2-5,7-8H2,1H3,(H,16,17). The van der Waals surface area contributed by atoms with Crippen molar-refractivity contribution >= 4 is 17.7 Å². The average molecular weight is 266 g/mol. The maximum atomic E-state index is 10.6. The largest absolute Gasteiger partial charge is 0.481 e. The highest BCUT2D eigenvalue weighted by atomic mass is 32.2. The molecule has 0 atom stereocenters. The molecule has 1 aromatic heterocycles. The van der Waals surface area contributed by atoms with Crippen molar-refractivity contribution in [2.75, 3.05) is 5.75 Å². The lowest BCUT2D eigenvalue weighted by molar-refractivity contribution is -0.133. The monoisotopic (exact) mass is 266 g/mol. The number of aliphatic carboxylic acids is 1. The van der Waals surface area contributed by atoms with E-state index in [0.717, 1.165) is 23.3 Å². The Morgan fingerprint density at radius 3 is 2.89 bits per heavy atom. The third-order valence-corrected chi connectivity index (χ3v) is 5.13. The van der Waals surface area contributed by atoms with E-state index in [-0.39, 0.29) is 5.75 Å². The second kappa shape index (κ2) is 4.30. The van der Waals surface area contributed by atoms with Gasteiger partial charge in [-0.05, 0) is 43.9 Å². The normalized spacial score (nSPS) is 20.9. The number of thioether (sulfide) groups is 1. The van der Waals surface area contributed by atoms with E-state index in [9.17, 15) is 4.79 Å². The van der Waals surface area contributed by atoms with E-state index in [1.54, 1.807) is 0 Å². The molecule has 0 amide bonds. The van der Waals surface area contributed by atoms with Crippen molar-refractivity contribution in [2.24, 2.45) is 11.3 Å². The van der Waals surface area contributed by atoms with Gasteiger partial charge in [-0.1, -0.05) is 11.8 Å². The number of aryl methyl sites for hydroxylation is 1. The van der Waals surface area contributed by atoms with Gasteiger partial charge >= 0.3 is 5.97 Å². The Hall–Kier alpha value is -0.970. The van der Waals surface area contributed by atoms with E-state index in [1.165, 1.54) is 37.4 Å². The van der Waals surface area contributed by atoms with E-state index in [4.69, 9.17) is 5.11 Å². The third-order valence-electron chi connectivity index (χ3n) is 4.15. The zero-order valence-corrected chi connectivity index (χ0v) is 11.4. The predicted octanol–water partition coefficient (Wildman–Crippen LogP) is 2.56. The molecule has 0 unspecified atom stereocenters. The quantitative estimate of drug-likeness (QED) is 0.804. The zero-order valence-electron chi connectivity index (χ0n) is 10.6. The highest BCUT2D eigenvalue weighted by Crippen LogP contribution is 2.62.